The lowest BCUT2D eigenvalue weighted by Gasteiger charge is -2.47. The Kier molecular flexibility index (Phi) is 38.2. The Morgan fingerprint density at radius 3 is 1.21 bits per heavy atom. The molecular formula is C56H109NO26P2. The van der Waals surface area contributed by atoms with Crippen LogP contribution >= 0.6 is 15.6 Å². The lowest BCUT2D eigenvalue weighted by Crippen LogP contribution is -2.67. The first-order chi connectivity index (χ1) is 40.3. The molecule has 0 aromatic carbocycles. The molecule has 0 bridgehead atoms. The van der Waals surface area contributed by atoms with Crippen molar-refractivity contribution in [1.29, 1.82) is 0 Å². The Bertz CT molecular complexity index is 1860. The van der Waals surface area contributed by atoms with Gasteiger partial charge in [0.25, 0.3) is 0 Å². The van der Waals surface area contributed by atoms with Crippen LogP contribution in [0.4, 0.5) is 0 Å². The van der Waals surface area contributed by atoms with Crippen LogP contribution in [-0.2, 0) is 41.5 Å². The zero-order valence-corrected chi connectivity index (χ0v) is 51.7. The van der Waals surface area contributed by atoms with Crippen LogP contribution in [-0.4, -0.2) is 234 Å². The monoisotopic (exact) mass is 1270 g/mol. The Morgan fingerprint density at radius 1 is 0.435 bits per heavy atom. The van der Waals surface area contributed by atoms with E-state index in [1.807, 2.05) is 0 Å². The van der Waals surface area contributed by atoms with Gasteiger partial charge in [-0.15, -0.1) is 0 Å². The standard InChI is InChI=1S/C56H109NO26P2/c1-3-5-7-9-11-13-15-17-18-19-20-22-24-26-28-30-32-37(59)55(73)57-35(39(60)36(58)31-29-27-25-23-21-16-14-12-10-8-6-4-2)33-78-84(74,75)83-54-50(71)46(67)45(66)49(70)53(54)81-56-51(72)41(62)40(61)38(80-56)34-79-85(76,77)82-52-47(68)43(64)42(63)44(65)48(52)69/h35-54,56,58-72H,3-34H2,1-2H3,(H,57,73)(H,74,75)(H,76,77)/t35-,36+,37?,38+,39-,40+,41?,42?,43+,44?,45?,46?,47?,48?,49+,50?,51?,52?,53?,54-,56+/m0/s1. The number of ether oxygens (including phenoxy) is 2. The first-order valence-electron chi connectivity index (χ1n) is 31.4. The topological polar surface area (TPSA) is 463 Å². The second-order valence-corrected chi connectivity index (χ2v) is 26.5. The van der Waals surface area contributed by atoms with Crippen LogP contribution in [0.1, 0.15) is 206 Å². The van der Waals surface area contributed by atoms with Crippen LogP contribution in [0.5, 0.6) is 0 Å². The van der Waals surface area contributed by atoms with Crippen molar-refractivity contribution < 1.29 is 128 Å². The second-order valence-electron chi connectivity index (χ2n) is 23.7. The van der Waals surface area contributed by atoms with Gasteiger partial charge in [-0.3, -0.25) is 22.9 Å². The van der Waals surface area contributed by atoms with Gasteiger partial charge >= 0.3 is 15.6 Å². The molecule has 0 aromatic heterocycles. The normalized spacial score (nSPS) is 33.0. The molecule has 85 heavy (non-hydrogen) atoms. The number of aliphatic hydroxyl groups is 15. The van der Waals surface area contributed by atoms with Gasteiger partial charge in [-0.25, -0.2) is 9.13 Å². The summed E-state index contributed by atoms with van der Waals surface area (Å²) >= 11 is 0. The van der Waals surface area contributed by atoms with Gasteiger partial charge < -0.3 is 101 Å². The van der Waals surface area contributed by atoms with E-state index in [0.717, 1.165) is 64.2 Å². The van der Waals surface area contributed by atoms with Gasteiger partial charge in [0.1, 0.15) is 110 Å². The summed E-state index contributed by atoms with van der Waals surface area (Å²) in [6.45, 7) is 2.03. The highest BCUT2D eigenvalue weighted by Crippen LogP contribution is 2.49. The molecule has 1 aliphatic heterocycles. The Hall–Kier alpha value is -0.990. The molecule has 3 aliphatic rings. The molecule has 14 unspecified atom stereocenters. The van der Waals surface area contributed by atoms with Gasteiger partial charge in [-0.2, -0.15) is 0 Å². The minimum Gasteiger partial charge on any atom is -0.390 e. The first-order valence-corrected chi connectivity index (χ1v) is 34.4. The average Bonchev–Trinajstić information content (AvgIpc) is 2.57. The zero-order chi connectivity index (χ0) is 63.3. The third-order valence-electron chi connectivity index (χ3n) is 16.5. The highest BCUT2D eigenvalue weighted by Gasteiger charge is 2.56. The number of rotatable bonds is 46. The molecule has 0 spiro atoms. The summed E-state index contributed by atoms with van der Waals surface area (Å²) in [5.74, 6) is -0.991. The van der Waals surface area contributed by atoms with Crippen molar-refractivity contribution in [3.05, 3.63) is 0 Å². The summed E-state index contributed by atoms with van der Waals surface area (Å²) in [5, 5.41) is 162. The smallest absolute Gasteiger partial charge is 0.390 e. The molecule has 3 rings (SSSR count). The van der Waals surface area contributed by atoms with E-state index in [1.165, 1.54) is 96.3 Å². The molecule has 18 N–H and O–H groups in total. The highest BCUT2D eigenvalue weighted by molar-refractivity contribution is 7.47. The van der Waals surface area contributed by atoms with Gasteiger partial charge in [0.2, 0.25) is 5.91 Å². The van der Waals surface area contributed by atoms with Crippen molar-refractivity contribution in [1.82, 2.24) is 5.32 Å². The van der Waals surface area contributed by atoms with Crippen LogP contribution < -0.4 is 5.32 Å². The number of nitrogens with one attached hydrogen (secondary N) is 1. The van der Waals surface area contributed by atoms with Gasteiger partial charge in [0.05, 0.1) is 25.4 Å². The fourth-order valence-electron chi connectivity index (χ4n) is 11.0. The molecule has 504 valence electrons. The predicted molar refractivity (Wildman–Crippen MR) is 307 cm³/mol. The third-order valence-corrected chi connectivity index (χ3v) is 18.5. The number of hydrogen-bond donors (Lipinski definition) is 18. The molecule has 0 aromatic rings. The van der Waals surface area contributed by atoms with Crippen molar-refractivity contribution in [2.45, 2.75) is 335 Å². The number of carbonyl (C=O) groups excluding carboxylic acids is 1. The Labute approximate surface area is 501 Å². The molecule has 1 amide bonds. The number of amides is 1. The van der Waals surface area contributed by atoms with Crippen molar-refractivity contribution in [3.63, 3.8) is 0 Å². The van der Waals surface area contributed by atoms with E-state index in [4.69, 9.17) is 27.6 Å². The van der Waals surface area contributed by atoms with Gasteiger partial charge in [0.15, 0.2) is 6.29 Å². The van der Waals surface area contributed by atoms with Gasteiger partial charge in [0, 0.05) is 0 Å². The molecule has 2 aliphatic carbocycles. The minimum atomic E-state index is -5.68. The summed E-state index contributed by atoms with van der Waals surface area (Å²) in [7, 11) is -11.2. The summed E-state index contributed by atoms with van der Waals surface area (Å²) in [6.07, 6.45) is -13.0. The fourth-order valence-corrected chi connectivity index (χ4v) is 12.9. The minimum absolute atomic E-state index is 0.0364. The maximum absolute atomic E-state index is 13.8. The molecule has 3 fully saturated rings. The molecule has 0 radical (unpaired) electrons. The maximum Gasteiger partial charge on any atom is 0.472 e. The largest absolute Gasteiger partial charge is 0.472 e. The quantitative estimate of drug-likeness (QED) is 0.0305. The molecule has 29 heteroatoms. The molecule has 1 saturated heterocycles. The van der Waals surface area contributed by atoms with E-state index in [-0.39, 0.29) is 12.8 Å². The van der Waals surface area contributed by atoms with E-state index in [1.54, 1.807) is 0 Å². The first kappa shape index (κ1) is 78.3. The molecule has 2 saturated carbocycles. The van der Waals surface area contributed by atoms with E-state index in [0.29, 0.717) is 19.3 Å². The highest BCUT2D eigenvalue weighted by atomic mass is 31.2. The maximum atomic E-state index is 13.8. The number of hydrogen-bond acceptors (Lipinski definition) is 24. The lowest BCUT2D eigenvalue weighted by molar-refractivity contribution is -0.337. The molecule has 27 nitrogen and oxygen atoms in total. The molecule has 1 heterocycles. The summed E-state index contributed by atoms with van der Waals surface area (Å²) in [4.78, 5) is 35.0. The van der Waals surface area contributed by atoms with E-state index >= 15 is 0 Å². The van der Waals surface area contributed by atoms with Crippen molar-refractivity contribution in [2.24, 2.45) is 0 Å². The van der Waals surface area contributed by atoms with E-state index < -0.39 is 163 Å². The van der Waals surface area contributed by atoms with Crippen LogP contribution in [0, 0.1) is 0 Å². The lowest BCUT2D eigenvalue weighted by atomic mass is 9.84. The Morgan fingerprint density at radius 2 is 0.776 bits per heavy atom. The van der Waals surface area contributed by atoms with E-state index in [9.17, 15) is 100 Å². The molecular weight excluding hydrogens is 1160 g/mol. The number of unbranched alkanes of at least 4 members (excludes halogenated alkanes) is 26. The summed E-state index contributed by atoms with van der Waals surface area (Å²) in [5.41, 5.74) is 0. The van der Waals surface area contributed by atoms with Crippen molar-refractivity contribution >= 4 is 21.6 Å². The number of phosphoric ester groups is 2. The van der Waals surface area contributed by atoms with Crippen molar-refractivity contribution in [2.75, 3.05) is 13.2 Å². The van der Waals surface area contributed by atoms with Crippen LogP contribution in [0.15, 0.2) is 0 Å². The average molecular weight is 1270 g/mol. The van der Waals surface area contributed by atoms with Crippen LogP contribution in [0.3, 0.4) is 0 Å². The summed E-state index contributed by atoms with van der Waals surface area (Å²) in [6, 6.07) is -1.69. The molecule has 23 atom stereocenters. The summed E-state index contributed by atoms with van der Waals surface area (Å²) < 4.78 is 57.7. The Balaban J connectivity index is 1.66. The number of carbonyl (C=O) groups is 1. The van der Waals surface area contributed by atoms with Crippen LogP contribution in [0.25, 0.3) is 0 Å². The SMILES string of the molecule is CCCCCCCCCCCCCCCCCCC(O)C(=O)N[C@@H](COP(=O)(O)O[C@H]1C(O)C(O)C(O)[C@@H](O)C1O[C@H]1O[C@H](COP(=O)(O)OC2C(O)C(O)C(O)[C@@H](O)C2O)[C@@H](O)C(O)C1O)[C@H](O)[C@H](O)CCCCCCCCCCCCCC. The fraction of sp³-hybridized carbons (Fsp3) is 0.982. The predicted octanol–water partition coefficient (Wildman–Crippen LogP) is 1.77. The van der Waals surface area contributed by atoms with Crippen LogP contribution in [0.2, 0.25) is 0 Å². The van der Waals surface area contributed by atoms with Gasteiger partial charge in [-0.05, 0) is 12.8 Å². The number of aliphatic hydroxyl groups excluding tert-OH is 15. The second kappa shape index (κ2) is 41.5. The van der Waals surface area contributed by atoms with Crippen molar-refractivity contribution in [3.8, 4) is 0 Å². The van der Waals surface area contributed by atoms with Gasteiger partial charge in [-0.1, -0.05) is 194 Å². The number of phosphoric acid groups is 2. The zero-order valence-electron chi connectivity index (χ0n) is 49.9. The van der Waals surface area contributed by atoms with E-state index in [2.05, 4.69) is 19.2 Å². The third kappa shape index (κ3) is 27.4.